The Hall–Kier alpha value is -1.76. The number of anilines is 1. The van der Waals surface area contributed by atoms with Crippen molar-refractivity contribution < 1.29 is 19.1 Å². The molecule has 0 spiro atoms. The van der Waals surface area contributed by atoms with Crippen LogP contribution < -0.4 is 4.90 Å². The Kier molecular flexibility index (Phi) is 4.49. The van der Waals surface area contributed by atoms with Crippen LogP contribution in [0.5, 0.6) is 0 Å². The summed E-state index contributed by atoms with van der Waals surface area (Å²) < 4.78 is 13.3. The minimum Gasteiger partial charge on any atom is -0.480 e. The summed E-state index contributed by atoms with van der Waals surface area (Å²) in [5, 5.41) is 9.12. The van der Waals surface area contributed by atoms with E-state index in [9.17, 15) is 14.0 Å². The number of carbonyl (C=O) groups is 2. The second kappa shape index (κ2) is 6.13. The molecule has 1 N–H and O–H groups in total. The van der Waals surface area contributed by atoms with Crippen molar-refractivity contribution in [1.29, 1.82) is 0 Å². The molecule has 1 heterocycles. The van der Waals surface area contributed by atoms with E-state index in [2.05, 4.69) is 0 Å². The van der Waals surface area contributed by atoms with Gasteiger partial charge in [-0.15, -0.1) is 11.8 Å². The Morgan fingerprint density at radius 3 is 2.90 bits per heavy atom. The highest BCUT2D eigenvalue weighted by Crippen LogP contribution is 2.25. The molecule has 0 unspecified atom stereocenters. The quantitative estimate of drug-likeness (QED) is 0.929. The SMILES string of the molecule is CCN(C(=O)N1CSC[C@H]1C(=O)O)c1cccc(F)c1. The predicted octanol–water partition coefficient (Wildman–Crippen LogP) is 2.23. The van der Waals surface area contributed by atoms with E-state index in [1.165, 1.54) is 39.8 Å². The molecule has 108 valence electrons. The summed E-state index contributed by atoms with van der Waals surface area (Å²) in [5.74, 6) is -0.735. The largest absolute Gasteiger partial charge is 0.480 e. The molecule has 1 atom stereocenters. The second-order valence-electron chi connectivity index (χ2n) is 4.33. The van der Waals surface area contributed by atoms with Crippen LogP contribution >= 0.6 is 11.8 Å². The zero-order chi connectivity index (χ0) is 14.7. The van der Waals surface area contributed by atoms with E-state index in [0.29, 0.717) is 23.9 Å². The highest BCUT2D eigenvalue weighted by Gasteiger charge is 2.36. The van der Waals surface area contributed by atoms with Crippen molar-refractivity contribution in [3.8, 4) is 0 Å². The van der Waals surface area contributed by atoms with Crippen LogP contribution in [-0.2, 0) is 4.79 Å². The molecule has 2 amide bonds. The lowest BCUT2D eigenvalue weighted by Gasteiger charge is -2.29. The molecule has 20 heavy (non-hydrogen) atoms. The summed E-state index contributed by atoms with van der Waals surface area (Å²) >= 11 is 1.40. The number of rotatable bonds is 3. The molecule has 7 heteroatoms. The summed E-state index contributed by atoms with van der Waals surface area (Å²) in [7, 11) is 0. The van der Waals surface area contributed by atoms with Gasteiger partial charge in [-0.2, -0.15) is 0 Å². The van der Waals surface area contributed by atoms with Crippen LogP contribution in [0.25, 0.3) is 0 Å². The van der Waals surface area contributed by atoms with Gasteiger partial charge < -0.3 is 10.0 Å². The number of hydrogen-bond acceptors (Lipinski definition) is 3. The highest BCUT2D eigenvalue weighted by atomic mass is 32.2. The number of thioether (sulfide) groups is 1. The lowest BCUT2D eigenvalue weighted by atomic mass is 10.2. The smallest absolute Gasteiger partial charge is 0.327 e. The molecular formula is C13H15FN2O3S. The normalized spacial score (nSPS) is 18.1. The molecule has 0 radical (unpaired) electrons. The maximum absolute atomic E-state index is 13.3. The van der Waals surface area contributed by atoms with Crippen molar-refractivity contribution in [1.82, 2.24) is 4.90 Å². The molecule has 0 aliphatic carbocycles. The van der Waals surface area contributed by atoms with Crippen LogP contribution in [0.15, 0.2) is 24.3 Å². The molecular weight excluding hydrogens is 283 g/mol. The molecule has 0 aromatic heterocycles. The van der Waals surface area contributed by atoms with Gasteiger partial charge in [-0.1, -0.05) is 6.07 Å². The van der Waals surface area contributed by atoms with Gasteiger partial charge in [0, 0.05) is 18.0 Å². The lowest BCUT2D eigenvalue weighted by molar-refractivity contribution is -0.140. The number of carboxylic acid groups (broad SMARTS) is 1. The monoisotopic (exact) mass is 298 g/mol. The first-order valence-electron chi connectivity index (χ1n) is 6.19. The third-order valence-corrected chi connectivity index (χ3v) is 4.09. The van der Waals surface area contributed by atoms with Crippen molar-refractivity contribution in [2.45, 2.75) is 13.0 Å². The number of aliphatic carboxylic acids is 1. The standard InChI is InChI=1S/C13H15FN2O3S/c1-2-15(10-5-3-4-9(14)6-10)13(19)16-8-20-7-11(16)12(17)18/h3-6,11H,2,7-8H2,1H3,(H,17,18)/t11-/m0/s1. The zero-order valence-corrected chi connectivity index (χ0v) is 11.8. The maximum Gasteiger partial charge on any atom is 0.327 e. The van der Waals surface area contributed by atoms with Crippen LogP contribution in [0.3, 0.4) is 0 Å². The van der Waals surface area contributed by atoms with Crippen LogP contribution in [0.1, 0.15) is 6.92 Å². The van der Waals surface area contributed by atoms with Crippen LogP contribution in [0, 0.1) is 5.82 Å². The van der Waals surface area contributed by atoms with E-state index >= 15 is 0 Å². The Labute approximate surface area is 120 Å². The first-order valence-corrected chi connectivity index (χ1v) is 7.34. The van der Waals surface area contributed by atoms with E-state index < -0.39 is 23.9 Å². The average Bonchev–Trinajstić information content (AvgIpc) is 2.89. The Morgan fingerprint density at radius 2 is 2.30 bits per heavy atom. The zero-order valence-electron chi connectivity index (χ0n) is 11.0. The minimum atomic E-state index is -1.02. The molecule has 1 aromatic carbocycles. The number of nitrogens with zero attached hydrogens (tertiary/aromatic N) is 2. The van der Waals surface area contributed by atoms with Gasteiger partial charge in [-0.3, -0.25) is 4.90 Å². The van der Waals surface area contributed by atoms with E-state index in [-0.39, 0.29) is 0 Å². The van der Waals surface area contributed by atoms with E-state index in [4.69, 9.17) is 5.11 Å². The number of halogens is 1. The number of hydrogen-bond donors (Lipinski definition) is 1. The van der Waals surface area contributed by atoms with Gasteiger partial charge in [0.05, 0.1) is 5.88 Å². The molecule has 0 saturated carbocycles. The third-order valence-electron chi connectivity index (χ3n) is 3.08. The van der Waals surface area contributed by atoms with Gasteiger partial charge in [0.15, 0.2) is 0 Å². The van der Waals surface area contributed by atoms with Gasteiger partial charge in [-0.25, -0.2) is 14.0 Å². The molecule has 0 bridgehead atoms. The van der Waals surface area contributed by atoms with Crippen molar-refractivity contribution in [2.24, 2.45) is 0 Å². The van der Waals surface area contributed by atoms with Gasteiger partial charge in [0.25, 0.3) is 0 Å². The first kappa shape index (κ1) is 14.6. The van der Waals surface area contributed by atoms with Crippen LogP contribution in [-0.4, -0.2) is 46.2 Å². The first-order chi connectivity index (χ1) is 9.54. The summed E-state index contributed by atoms with van der Waals surface area (Å²) in [4.78, 5) is 26.3. The van der Waals surface area contributed by atoms with Crippen molar-refractivity contribution in [3.05, 3.63) is 30.1 Å². The predicted molar refractivity (Wildman–Crippen MR) is 75.4 cm³/mol. The van der Waals surface area contributed by atoms with Gasteiger partial charge in [-0.05, 0) is 25.1 Å². The number of carbonyl (C=O) groups excluding carboxylic acids is 1. The average molecular weight is 298 g/mol. The Balaban J connectivity index is 2.23. The fourth-order valence-electron chi connectivity index (χ4n) is 2.06. The summed E-state index contributed by atoms with van der Waals surface area (Å²) in [6.07, 6.45) is 0. The summed E-state index contributed by atoms with van der Waals surface area (Å²) in [5.41, 5.74) is 0.429. The fraction of sp³-hybridized carbons (Fsp3) is 0.385. The molecule has 1 fully saturated rings. The van der Waals surface area contributed by atoms with Gasteiger partial charge >= 0.3 is 12.0 Å². The second-order valence-corrected chi connectivity index (χ2v) is 5.33. The number of urea groups is 1. The molecule has 5 nitrogen and oxygen atoms in total. The Morgan fingerprint density at radius 1 is 1.55 bits per heavy atom. The topological polar surface area (TPSA) is 60.9 Å². The summed E-state index contributed by atoms with van der Waals surface area (Å²) in [6.45, 7) is 2.11. The van der Waals surface area contributed by atoms with E-state index in [1.807, 2.05) is 0 Å². The molecule has 1 aromatic rings. The maximum atomic E-state index is 13.3. The number of benzene rings is 1. The van der Waals surface area contributed by atoms with Crippen LogP contribution in [0.4, 0.5) is 14.9 Å². The third kappa shape index (κ3) is 2.87. The Bertz CT molecular complexity index is 526. The summed E-state index contributed by atoms with van der Waals surface area (Å²) in [6, 6.07) is 4.48. The molecule has 2 rings (SSSR count). The van der Waals surface area contributed by atoms with E-state index in [1.54, 1.807) is 13.0 Å². The van der Waals surface area contributed by atoms with Crippen molar-refractivity contribution in [3.63, 3.8) is 0 Å². The van der Waals surface area contributed by atoms with Crippen molar-refractivity contribution in [2.75, 3.05) is 23.1 Å². The van der Waals surface area contributed by atoms with Crippen LogP contribution in [0.2, 0.25) is 0 Å². The fourth-order valence-corrected chi connectivity index (χ4v) is 3.20. The number of carboxylic acids is 1. The van der Waals surface area contributed by atoms with Crippen molar-refractivity contribution >= 4 is 29.4 Å². The molecule has 1 aliphatic rings. The molecule has 1 aliphatic heterocycles. The van der Waals surface area contributed by atoms with Gasteiger partial charge in [0.2, 0.25) is 0 Å². The lowest BCUT2D eigenvalue weighted by Crippen LogP contribution is -2.49. The number of amides is 2. The van der Waals surface area contributed by atoms with E-state index in [0.717, 1.165) is 0 Å². The molecule has 1 saturated heterocycles. The minimum absolute atomic E-state index is 0.335. The van der Waals surface area contributed by atoms with Gasteiger partial charge in [0.1, 0.15) is 11.9 Å². The highest BCUT2D eigenvalue weighted by molar-refractivity contribution is 7.99.